The summed E-state index contributed by atoms with van der Waals surface area (Å²) in [7, 11) is 0. The molecule has 1 saturated heterocycles. The second-order valence-electron chi connectivity index (χ2n) is 7.71. The highest BCUT2D eigenvalue weighted by molar-refractivity contribution is 14.0. The summed E-state index contributed by atoms with van der Waals surface area (Å²) >= 11 is 0. The minimum atomic E-state index is -4.35. The third-order valence-electron chi connectivity index (χ3n) is 6.28. The lowest BCUT2D eigenvalue weighted by molar-refractivity contribution is -0.137. The van der Waals surface area contributed by atoms with Gasteiger partial charge in [0.25, 0.3) is 0 Å². The SMILES string of the molecule is I.NC(=NCc1cccc(C(F)(F)F)c1)NC1C2CCOC2C12CCCC2. The Morgan fingerprint density at radius 3 is 2.74 bits per heavy atom. The summed E-state index contributed by atoms with van der Waals surface area (Å²) in [5.74, 6) is 0.777. The lowest BCUT2D eigenvalue weighted by Crippen LogP contribution is -2.69. The Bertz CT molecular complexity index is 704. The van der Waals surface area contributed by atoms with Gasteiger partial charge < -0.3 is 15.8 Å². The van der Waals surface area contributed by atoms with Crippen molar-refractivity contribution in [2.75, 3.05) is 6.61 Å². The van der Waals surface area contributed by atoms with Gasteiger partial charge >= 0.3 is 6.18 Å². The molecule has 3 atom stereocenters. The second kappa shape index (κ2) is 7.77. The van der Waals surface area contributed by atoms with Gasteiger partial charge in [-0.2, -0.15) is 13.2 Å². The van der Waals surface area contributed by atoms with Gasteiger partial charge in [0.15, 0.2) is 5.96 Å². The van der Waals surface area contributed by atoms with Crippen molar-refractivity contribution < 1.29 is 17.9 Å². The fourth-order valence-corrected chi connectivity index (χ4v) is 5.13. The third kappa shape index (κ3) is 3.79. The van der Waals surface area contributed by atoms with E-state index in [0.29, 0.717) is 23.5 Å². The van der Waals surface area contributed by atoms with Crippen molar-refractivity contribution in [3.63, 3.8) is 0 Å². The zero-order valence-electron chi connectivity index (χ0n) is 15.0. The molecule has 3 aliphatic rings. The quantitative estimate of drug-likeness (QED) is 0.378. The first-order valence-electron chi connectivity index (χ1n) is 9.24. The van der Waals surface area contributed by atoms with E-state index in [1.165, 1.54) is 18.9 Å². The molecule has 3 fully saturated rings. The lowest BCUT2D eigenvalue weighted by Gasteiger charge is -2.57. The summed E-state index contributed by atoms with van der Waals surface area (Å²) in [6, 6.07) is 5.49. The van der Waals surface area contributed by atoms with Crippen LogP contribution in [0.3, 0.4) is 0 Å². The van der Waals surface area contributed by atoms with Crippen molar-refractivity contribution in [3.8, 4) is 0 Å². The normalized spacial score (nSPS) is 29.1. The van der Waals surface area contributed by atoms with Crippen molar-refractivity contribution in [1.29, 1.82) is 0 Å². The third-order valence-corrected chi connectivity index (χ3v) is 6.28. The topological polar surface area (TPSA) is 59.6 Å². The van der Waals surface area contributed by atoms with E-state index in [2.05, 4.69) is 10.3 Å². The Hall–Kier alpha value is -1.03. The summed E-state index contributed by atoms with van der Waals surface area (Å²) in [5, 5.41) is 3.36. The average Bonchev–Trinajstić information content (AvgIpc) is 3.26. The standard InChI is InChI=1S/C19H24F3N3O.HI/c20-19(21,22)13-5-3-4-12(10-13)11-24-17(23)25-15-14-6-9-26-16(14)18(15)7-1-2-8-18;/h3-5,10,14-16H,1-2,6-9,11H2,(H3,23,24,25);1H. The van der Waals surface area contributed by atoms with Crippen molar-refractivity contribution in [1.82, 2.24) is 5.32 Å². The molecular formula is C19H25F3IN3O. The van der Waals surface area contributed by atoms with E-state index in [1.807, 2.05) is 0 Å². The van der Waals surface area contributed by atoms with Crippen LogP contribution in [0.4, 0.5) is 13.2 Å². The molecule has 4 rings (SSSR count). The maximum Gasteiger partial charge on any atom is 0.416 e. The molecule has 2 aliphatic carbocycles. The number of fused-ring (bicyclic) bond motifs is 2. The highest BCUT2D eigenvalue weighted by atomic mass is 127. The summed E-state index contributed by atoms with van der Waals surface area (Å²) < 4.78 is 44.4. The molecule has 150 valence electrons. The van der Waals surface area contributed by atoms with Gasteiger partial charge in [0.1, 0.15) is 0 Å². The highest BCUT2D eigenvalue weighted by Crippen LogP contribution is 2.60. The van der Waals surface area contributed by atoms with Crippen LogP contribution in [0.15, 0.2) is 29.3 Å². The van der Waals surface area contributed by atoms with Gasteiger partial charge in [-0.15, -0.1) is 24.0 Å². The number of hydrogen-bond donors (Lipinski definition) is 2. The maximum atomic E-state index is 12.8. The Morgan fingerprint density at radius 2 is 2.04 bits per heavy atom. The molecule has 0 radical (unpaired) electrons. The van der Waals surface area contributed by atoms with Gasteiger partial charge in [0, 0.05) is 24.0 Å². The number of ether oxygens (including phenoxy) is 1. The second-order valence-corrected chi connectivity index (χ2v) is 7.71. The fourth-order valence-electron chi connectivity index (χ4n) is 5.13. The van der Waals surface area contributed by atoms with Gasteiger partial charge in [-0.3, -0.25) is 0 Å². The van der Waals surface area contributed by atoms with E-state index in [1.54, 1.807) is 6.07 Å². The van der Waals surface area contributed by atoms with Gasteiger partial charge in [-0.05, 0) is 37.0 Å². The Kier molecular flexibility index (Phi) is 5.96. The first-order valence-corrected chi connectivity index (χ1v) is 9.24. The molecule has 0 aromatic heterocycles. The fraction of sp³-hybridized carbons (Fsp3) is 0.632. The molecule has 2 saturated carbocycles. The molecule has 27 heavy (non-hydrogen) atoms. The summed E-state index contributed by atoms with van der Waals surface area (Å²) in [6.07, 6.45) is 1.74. The van der Waals surface area contributed by atoms with Crippen LogP contribution in [-0.4, -0.2) is 24.7 Å². The number of halogens is 4. The zero-order valence-corrected chi connectivity index (χ0v) is 17.3. The number of guanidine groups is 1. The first kappa shape index (κ1) is 20.7. The Balaban J connectivity index is 0.00000210. The molecule has 1 aromatic rings. The molecule has 0 bridgehead atoms. The lowest BCUT2D eigenvalue weighted by atomic mass is 9.54. The van der Waals surface area contributed by atoms with Crippen LogP contribution < -0.4 is 11.1 Å². The average molecular weight is 495 g/mol. The van der Waals surface area contributed by atoms with Gasteiger partial charge in [-0.1, -0.05) is 25.0 Å². The first-order chi connectivity index (χ1) is 12.4. The molecule has 1 heterocycles. The van der Waals surface area contributed by atoms with E-state index in [-0.39, 0.29) is 42.0 Å². The minimum absolute atomic E-state index is 0. The molecule has 3 unspecified atom stereocenters. The van der Waals surface area contributed by atoms with Crippen LogP contribution in [0.25, 0.3) is 0 Å². The number of aliphatic imine (C=N–C) groups is 1. The number of nitrogens with zero attached hydrogens (tertiary/aromatic N) is 1. The molecule has 4 nitrogen and oxygen atoms in total. The molecule has 0 amide bonds. The smallest absolute Gasteiger partial charge is 0.377 e. The maximum absolute atomic E-state index is 12.8. The van der Waals surface area contributed by atoms with E-state index >= 15 is 0 Å². The Morgan fingerprint density at radius 1 is 1.30 bits per heavy atom. The highest BCUT2D eigenvalue weighted by Gasteiger charge is 2.65. The van der Waals surface area contributed by atoms with Crippen molar-refractivity contribution in [2.45, 2.75) is 57.0 Å². The minimum Gasteiger partial charge on any atom is -0.377 e. The number of benzene rings is 1. The summed E-state index contributed by atoms with van der Waals surface area (Å²) in [6.45, 7) is 0.934. The van der Waals surface area contributed by atoms with E-state index in [0.717, 1.165) is 38.0 Å². The Labute approximate surface area is 174 Å². The van der Waals surface area contributed by atoms with Crippen LogP contribution in [0.1, 0.15) is 43.2 Å². The molecular weight excluding hydrogens is 470 g/mol. The van der Waals surface area contributed by atoms with Crippen LogP contribution in [0.2, 0.25) is 0 Å². The molecule has 1 aromatic carbocycles. The molecule has 1 aliphatic heterocycles. The molecule has 8 heteroatoms. The van der Waals surface area contributed by atoms with Crippen molar-refractivity contribution in [3.05, 3.63) is 35.4 Å². The predicted octanol–water partition coefficient (Wildman–Crippen LogP) is 4.08. The number of alkyl halides is 3. The van der Waals surface area contributed by atoms with Crippen LogP contribution in [0, 0.1) is 11.3 Å². The van der Waals surface area contributed by atoms with Crippen molar-refractivity contribution >= 4 is 29.9 Å². The molecule has 1 spiro atoms. The van der Waals surface area contributed by atoms with Gasteiger partial charge in [-0.25, -0.2) is 4.99 Å². The van der Waals surface area contributed by atoms with Crippen molar-refractivity contribution in [2.24, 2.45) is 22.1 Å². The van der Waals surface area contributed by atoms with Crippen LogP contribution in [-0.2, 0) is 17.5 Å². The molecule has 3 N–H and O–H groups in total. The summed E-state index contributed by atoms with van der Waals surface area (Å²) in [4.78, 5) is 4.28. The largest absolute Gasteiger partial charge is 0.416 e. The van der Waals surface area contributed by atoms with Gasteiger partial charge in [0.2, 0.25) is 0 Å². The zero-order chi connectivity index (χ0) is 18.4. The van der Waals surface area contributed by atoms with Crippen LogP contribution in [0.5, 0.6) is 0 Å². The number of nitrogens with one attached hydrogen (secondary N) is 1. The summed E-state index contributed by atoms with van der Waals surface area (Å²) in [5.41, 5.74) is 6.07. The van der Waals surface area contributed by atoms with Gasteiger partial charge in [0.05, 0.1) is 18.2 Å². The predicted molar refractivity (Wildman–Crippen MR) is 108 cm³/mol. The number of hydrogen-bond acceptors (Lipinski definition) is 2. The number of rotatable bonds is 3. The van der Waals surface area contributed by atoms with E-state index in [4.69, 9.17) is 10.5 Å². The van der Waals surface area contributed by atoms with E-state index in [9.17, 15) is 13.2 Å². The van der Waals surface area contributed by atoms with E-state index < -0.39 is 11.7 Å². The monoisotopic (exact) mass is 495 g/mol. The number of nitrogens with two attached hydrogens (primary N) is 1. The van der Waals surface area contributed by atoms with Crippen LogP contribution >= 0.6 is 24.0 Å².